The van der Waals surface area contributed by atoms with E-state index in [9.17, 15) is 0 Å². The minimum absolute atomic E-state index is 0.639. The normalized spacial score (nSPS) is 9.80. The van der Waals surface area contributed by atoms with Crippen molar-refractivity contribution in [1.29, 1.82) is 0 Å². The van der Waals surface area contributed by atoms with E-state index in [1.165, 1.54) is 44.5 Å². The predicted molar refractivity (Wildman–Crippen MR) is 176 cm³/mol. The van der Waals surface area contributed by atoms with Crippen LogP contribution < -0.4 is 0 Å². The summed E-state index contributed by atoms with van der Waals surface area (Å²) in [4.78, 5) is 0. The summed E-state index contributed by atoms with van der Waals surface area (Å²) in [6.45, 7) is 4.42. The average Bonchev–Trinajstić information content (AvgIpc) is 3.71. The maximum atomic E-state index is 4.90. The summed E-state index contributed by atoms with van der Waals surface area (Å²) in [6, 6.07) is 55.0. The molecule has 0 saturated carbocycles. The summed E-state index contributed by atoms with van der Waals surface area (Å²) in [6.07, 6.45) is 0. The molecule has 0 aliphatic heterocycles. The van der Waals surface area contributed by atoms with Gasteiger partial charge < -0.3 is 0 Å². The fourth-order valence-corrected chi connectivity index (χ4v) is 4.32. The van der Waals surface area contributed by atoms with Gasteiger partial charge in [0, 0.05) is 9.52 Å². The first-order valence-corrected chi connectivity index (χ1v) is 21.7. The van der Waals surface area contributed by atoms with Crippen molar-refractivity contribution in [2.75, 3.05) is 0 Å². The van der Waals surface area contributed by atoms with Crippen LogP contribution in [0.5, 0.6) is 0 Å². The third kappa shape index (κ3) is 9.58. The quantitative estimate of drug-likeness (QED) is 0.124. The van der Waals surface area contributed by atoms with E-state index in [0.29, 0.717) is 0 Å². The molecule has 0 aliphatic rings. The average molecular weight is 755 g/mol. The predicted octanol–water partition coefficient (Wildman–Crippen LogP) is 11.4. The van der Waals surface area contributed by atoms with Gasteiger partial charge in [0.2, 0.25) is 0 Å². The monoisotopic (exact) mass is 755 g/mol. The van der Waals surface area contributed by atoms with E-state index in [4.69, 9.17) is 19.3 Å². The van der Waals surface area contributed by atoms with Crippen molar-refractivity contribution in [1.82, 2.24) is 0 Å². The molecule has 6 rings (SSSR count). The van der Waals surface area contributed by atoms with Crippen LogP contribution in [0.1, 0.15) is 0 Å². The van der Waals surface area contributed by atoms with Crippen molar-refractivity contribution in [3.63, 3.8) is 0 Å². The van der Waals surface area contributed by atoms with Gasteiger partial charge in [0.1, 0.15) is 0 Å². The molecule has 6 aromatic rings. The number of rotatable bonds is 4. The summed E-state index contributed by atoms with van der Waals surface area (Å²) in [5, 5.41) is 0. The largest absolute Gasteiger partial charge is 0.175 e. The van der Waals surface area contributed by atoms with Gasteiger partial charge in [0.25, 0.3) is 0 Å². The van der Waals surface area contributed by atoms with Crippen LogP contribution in [0.4, 0.5) is 0 Å². The van der Waals surface area contributed by atoms with Crippen molar-refractivity contribution in [2.24, 2.45) is 0 Å². The van der Waals surface area contributed by atoms with Crippen LogP contribution in [-0.4, -0.2) is 9.52 Å². The van der Waals surface area contributed by atoms with Crippen LogP contribution in [0.2, 0.25) is 13.1 Å². The molecule has 0 saturated heterocycles. The second-order valence-corrected chi connectivity index (χ2v) is 13.6. The smallest absolute Gasteiger partial charge is 0.0623 e. The van der Waals surface area contributed by atoms with Gasteiger partial charge in [-0.2, -0.15) is 58.7 Å². The topological polar surface area (TPSA) is 0 Å². The fourth-order valence-electron chi connectivity index (χ4n) is 4.32. The Morgan fingerprint density at radius 1 is 0.425 bits per heavy atom. The molecule has 0 aromatic heterocycles. The molecule has 0 unspecified atom stereocenters. The minimum Gasteiger partial charge on any atom is -0.175 e. The van der Waals surface area contributed by atoms with Gasteiger partial charge in [-0.3, -0.25) is 0 Å². The van der Waals surface area contributed by atoms with E-state index < -0.39 is 15.4 Å². The molecule has 4 heteroatoms. The van der Waals surface area contributed by atoms with Crippen LogP contribution >= 0.6 is 19.3 Å². The molecule has 40 heavy (non-hydrogen) atoms. The Bertz CT molecular complexity index is 1240. The molecule has 0 aliphatic carbocycles. The van der Waals surface area contributed by atoms with Gasteiger partial charge in [0.15, 0.2) is 0 Å². The summed E-state index contributed by atoms with van der Waals surface area (Å²) in [7, 11) is 10.6. The standard InChI is InChI=1S/2C17H13.C2H7Si.2ClH.Os/c2*1-3-8-14(9-4-1)16-12-7-13-17(16)15-10-5-2-6-11-15;1-3-2;;;/h2*1-13H;3H,1-2H3;2*1H;/q2*-1;;;;+2/p-2. The molecule has 0 amide bonds. The molecule has 205 valence electrons. The Morgan fingerprint density at radius 2 is 0.600 bits per heavy atom. The molecule has 1 radical (unpaired) electrons. The van der Waals surface area contributed by atoms with Gasteiger partial charge in [-0.05, 0) is 0 Å². The Hall–Kier alpha value is -2.99. The SMILES string of the molecule is C[SiH]C.[Cl][Os][Cl].c1ccc(-c2c[cH-]cc2-c2ccccc2)cc1.c1ccc(-c2c[cH-]cc2-c2ccccc2)cc1. The zero-order valence-corrected chi connectivity index (χ0v) is 27.9. The third-order valence-electron chi connectivity index (χ3n) is 5.97. The van der Waals surface area contributed by atoms with Gasteiger partial charge in [0.05, 0.1) is 0 Å². The Labute approximate surface area is 258 Å². The summed E-state index contributed by atoms with van der Waals surface area (Å²) >= 11 is -0.639. The molecule has 6 aromatic carbocycles. The number of hydrogen-bond donors (Lipinski definition) is 0. The second kappa shape index (κ2) is 18.4. The van der Waals surface area contributed by atoms with Crippen molar-refractivity contribution in [3.05, 3.63) is 158 Å². The Balaban J connectivity index is 0.000000185. The Kier molecular flexibility index (Phi) is 14.5. The van der Waals surface area contributed by atoms with Gasteiger partial charge >= 0.3 is 34.7 Å². The number of benzene rings is 4. The van der Waals surface area contributed by atoms with Crippen LogP contribution in [0.25, 0.3) is 44.5 Å². The van der Waals surface area contributed by atoms with Gasteiger partial charge in [-0.1, -0.05) is 157 Å². The van der Waals surface area contributed by atoms with Gasteiger partial charge in [-0.25, -0.2) is 0 Å². The van der Waals surface area contributed by atoms with Crippen molar-refractivity contribution < 1.29 is 15.4 Å². The molecule has 0 atom stereocenters. The molecule has 0 N–H and O–H groups in total. The van der Waals surface area contributed by atoms with Crippen LogP contribution in [0.15, 0.2) is 158 Å². The third-order valence-corrected chi connectivity index (χ3v) is 5.97. The van der Waals surface area contributed by atoms with E-state index in [1.54, 1.807) is 0 Å². The summed E-state index contributed by atoms with van der Waals surface area (Å²) in [5.74, 6) is 0. The number of halogens is 2. The van der Waals surface area contributed by atoms with Crippen LogP contribution in [0, 0.1) is 0 Å². The first-order valence-electron chi connectivity index (χ1n) is 13.1. The van der Waals surface area contributed by atoms with E-state index in [-0.39, 0.29) is 0 Å². The summed E-state index contributed by atoms with van der Waals surface area (Å²) < 4.78 is 0. The van der Waals surface area contributed by atoms with Crippen LogP contribution in [0.3, 0.4) is 0 Å². The summed E-state index contributed by atoms with van der Waals surface area (Å²) in [5.41, 5.74) is 10.3. The zero-order valence-electron chi connectivity index (χ0n) is 22.7. The minimum atomic E-state index is -0.639. The molecule has 0 bridgehead atoms. The van der Waals surface area contributed by atoms with E-state index in [0.717, 1.165) is 9.52 Å². The zero-order chi connectivity index (χ0) is 28.4. The molecular weight excluding hydrogens is 722 g/mol. The maximum Gasteiger partial charge on any atom is -0.0623 e. The first kappa shape index (κ1) is 31.5. The van der Waals surface area contributed by atoms with E-state index in [2.05, 4.69) is 171 Å². The Morgan fingerprint density at radius 3 is 0.775 bits per heavy atom. The van der Waals surface area contributed by atoms with E-state index in [1.807, 2.05) is 0 Å². The molecule has 0 spiro atoms. The van der Waals surface area contributed by atoms with Gasteiger partial charge in [-0.15, -0.1) is 0 Å². The van der Waals surface area contributed by atoms with Crippen molar-refractivity contribution >= 4 is 28.8 Å². The maximum absolute atomic E-state index is 4.90. The fraction of sp³-hybridized carbons (Fsp3) is 0.0556. The van der Waals surface area contributed by atoms with E-state index >= 15 is 0 Å². The van der Waals surface area contributed by atoms with Crippen molar-refractivity contribution in [3.8, 4) is 44.5 Å². The molecule has 0 heterocycles. The van der Waals surface area contributed by atoms with Crippen molar-refractivity contribution in [2.45, 2.75) is 13.1 Å². The molecule has 0 nitrogen and oxygen atoms in total. The molecular formula is C36H33Cl2OsSi-2. The molecule has 0 fully saturated rings. The second-order valence-electron chi connectivity index (χ2n) is 8.80. The number of hydrogen-bond acceptors (Lipinski definition) is 0. The first-order chi connectivity index (χ1) is 19.7. The van der Waals surface area contributed by atoms with Crippen LogP contribution in [-0.2, 0) is 15.4 Å².